The van der Waals surface area contributed by atoms with E-state index in [1.54, 1.807) is 0 Å². The van der Waals surface area contributed by atoms with Crippen LogP contribution in [0.1, 0.15) is 65.2 Å². The van der Waals surface area contributed by atoms with Crippen LogP contribution in [0.3, 0.4) is 0 Å². The highest BCUT2D eigenvalue weighted by atomic mass is 16.5. The van der Waals surface area contributed by atoms with Crippen molar-refractivity contribution in [2.45, 2.75) is 89.6 Å². The number of hydrogen-bond acceptors (Lipinski definition) is 5. The van der Waals surface area contributed by atoms with Gasteiger partial charge in [0.2, 0.25) is 0 Å². The maximum absolute atomic E-state index is 6.46. The van der Waals surface area contributed by atoms with Crippen LogP contribution >= 0.6 is 0 Å². The first-order chi connectivity index (χ1) is 14.2. The molecule has 4 rings (SSSR count). The van der Waals surface area contributed by atoms with E-state index in [0.29, 0.717) is 18.3 Å². The lowest BCUT2D eigenvalue weighted by Gasteiger charge is -2.47. The molecule has 4 fully saturated rings. The Hall–Kier alpha value is -0.200. The molecule has 0 aromatic carbocycles. The highest BCUT2D eigenvalue weighted by molar-refractivity contribution is 4.91. The van der Waals surface area contributed by atoms with Crippen molar-refractivity contribution in [1.29, 1.82) is 0 Å². The molecule has 5 heteroatoms. The molecule has 0 amide bonds. The van der Waals surface area contributed by atoms with Gasteiger partial charge in [0.1, 0.15) is 0 Å². The third kappa shape index (κ3) is 6.90. The minimum Gasteiger partial charge on any atom is -0.381 e. The van der Waals surface area contributed by atoms with Crippen LogP contribution in [0.25, 0.3) is 0 Å². The van der Waals surface area contributed by atoms with Gasteiger partial charge in [0.05, 0.1) is 18.3 Å². The molecule has 29 heavy (non-hydrogen) atoms. The third-order valence-electron chi connectivity index (χ3n) is 7.67. The zero-order valence-corrected chi connectivity index (χ0v) is 19.7. The largest absolute Gasteiger partial charge is 0.381 e. The Labute approximate surface area is 180 Å². The Balaban J connectivity index is 0.00000117. The average Bonchev–Trinajstić information content (AvgIpc) is 2.75. The van der Waals surface area contributed by atoms with Crippen LogP contribution in [0.2, 0.25) is 0 Å². The molecule has 170 valence electrons. The van der Waals surface area contributed by atoms with E-state index in [4.69, 9.17) is 9.47 Å². The first-order valence-corrected chi connectivity index (χ1v) is 12.5. The lowest BCUT2D eigenvalue weighted by atomic mass is 9.86. The minimum absolute atomic E-state index is 0.494. The van der Waals surface area contributed by atoms with Crippen molar-refractivity contribution in [3.05, 3.63) is 0 Å². The number of methoxy groups -OCH3 is 1. The van der Waals surface area contributed by atoms with E-state index < -0.39 is 0 Å². The highest BCUT2D eigenvalue weighted by Crippen LogP contribution is 2.33. The first-order valence-electron chi connectivity index (χ1n) is 12.5. The van der Waals surface area contributed by atoms with Gasteiger partial charge in [0, 0.05) is 45.9 Å². The summed E-state index contributed by atoms with van der Waals surface area (Å²) in [6.45, 7) is 12.8. The highest BCUT2D eigenvalue weighted by Gasteiger charge is 2.37. The summed E-state index contributed by atoms with van der Waals surface area (Å²) in [7, 11) is 4.11. The quantitative estimate of drug-likeness (QED) is 0.670. The standard InChI is InChI=1S/C22H41N3O2.C2H6/c1-23-9-3-18(4-10-23)17-24-11-5-21(6-12-24)27-22-15-19(16-22)25-13-7-20(26-2)8-14-25;1-2/h18-22H,3-17H2,1-2H3;1-2H3. The molecule has 0 radical (unpaired) electrons. The van der Waals surface area contributed by atoms with Crippen LogP contribution in [-0.2, 0) is 9.47 Å². The molecule has 0 bridgehead atoms. The fraction of sp³-hybridized carbons (Fsp3) is 1.00. The Kier molecular flexibility index (Phi) is 9.70. The molecule has 3 saturated heterocycles. The fourth-order valence-electron chi connectivity index (χ4n) is 5.53. The van der Waals surface area contributed by atoms with Crippen molar-refractivity contribution >= 4 is 0 Å². The molecule has 1 saturated carbocycles. The topological polar surface area (TPSA) is 28.2 Å². The van der Waals surface area contributed by atoms with Gasteiger partial charge < -0.3 is 19.3 Å². The first kappa shape index (κ1) is 23.5. The van der Waals surface area contributed by atoms with Crippen LogP contribution in [0.5, 0.6) is 0 Å². The van der Waals surface area contributed by atoms with E-state index in [1.165, 1.54) is 97.2 Å². The van der Waals surface area contributed by atoms with Gasteiger partial charge in [0.25, 0.3) is 0 Å². The lowest BCUT2D eigenvalue weighted by molar-refractivity contribution is -0.110. The molecule has 3 heterocycles. The molecule has 0 spiro atoms. The van der Waals surface area contributed by atoms with E-state index in [2.05, 4.69) is 21.7 Å². The van der Waals surface area contributed by atoms with Crippen LogP contribution in [0, 0.1) is 5.92 Å². The second-order valence-electron chi connectivity index (χ2n) is 9.60. The van der Waals surface area contributed by atoms with Gasteiger partial charge in [0.15, 0.2) is 0 Å². The number of hydrogen-bond donors (Lipinski definition) is 0. The molecule has 0 atom stereocenters. The van der Waals surface area contributed by atoms with Crippen molar-refractivity contribution in [3.8, 4) is 0 Å². The van der Waals surface area contributed by atoms with Gasteiger partial charge in [-0.25, -0.2) is 0 Å². The molecule has 0 N–H and O–H groups in total. The summed E-state index contributed by atoms with van der Waals surface area (Å²) in [6.07, 6.45) is 11.7. The predicted octanol–water partition coefficient (Wildman–Crippen LogP) is 3.48. The zero-order valence-electron chi connectivity index (χ0n) is 19.7. The van der Waals surface area contributed by atoms with E-state index in [-0.39, 0.29) is 0 Å². The molecule has 4 aliphatic rings. The molecular weight excluding hydrogens is 362 g/mol. The van der Waals surface area contributed by atoms with Crippen LogP contribution in [0.4, 0.5) is 0 Å². The van der Waals surface area contributed by atoms with E-state index >= 15 is 0 Å². The fourth-order valence-corrected chi connectivity index (χ4v) is 5.53. The van der Waals surface area contributed by atoms with Gasteiger partial charge in [-0.15, -0.1) is 0 Å². The second kappa shape index (κ2) is 12.0. The summed E-state index contributed by atoms with van der Waals surface area (Å²) in [5.74, 6) is 0.924. The number of ether oxygens (including phenoxy) is 2. The van der Waals surface area contributed by atoms with Gasteiger partial charge in [-0.05, 0) is 77.4 Å². The van der Waals surface area contributed by atoms with Crippen LogP contribution in [0.15, 0.2) is 0 Å². The SMILES string of the molecule is CC.COC1CCN(C2CC(OC3CCN(CC4CCN(C)CC4)CC3)C2)CC1. The van der Waals surface area contributed by atoms with Crippen molar-refractivity contribution in [2.75, 3.05) is 60.0 Å². The number of rotatable bonds is 6. The molecule has 1 aliphatic carbocycles. The number of nitrogens with zero attached hydrogens (tertiary/aromatic N) is 3. The van der Waals surface area contributed by atoms with Crippen LogP contribution < -0.4 is 0 Å². The van der Waals surface area contributed by atoms with Crippen molar-refractivity contribution in [2.24, 2.45) is 5.92 Å². The minimum atomic E-state index is 0.494. The van der Waals surface area contributed by atoms with Crippen LogP contribution in [-0.4, -0.2) is 99.0 Å². The van der Waals surface area contributed by atoms with Gasteiger partial charge in [-0.2, -0.15) is 0 Å². The normalized spacial score (nSPS) is 31.9. The van der Waals surface area contributed by atoms with Crippen molar-refractivity contribution in [3.63, 3.8) is 0 Å². The van der Waals surface area contributed by atoms with E-state index in [0.717, 1.165) is 12.0 Å². The Morgan fingerprint density at radius 3 is 1.90 bits per heavy atom. The number of likely N-dealkylation sites (tertiary alicyclic amines) is 3. The zero-order chi connectivity index (χ0) is 20.6. The monoisotopic (exact) mass is 409 g/mol. The van der Waals surface area contributed by atoms with Crippen molar-refractivity contribution in [1.82, 2.24) is 14.7 Å². The summed E-state index contributed by atoms with van der Waals surface area (Å²) < 4.78 is 12.0. The molecule has 3 aliphatic heterocycles. The van der Waals surface area contributed by atoms with E-state index in [1.807, 2.05) is 21.0 Å². The second-order valence-corrected chi connectivity index (χ2v) is 9.60. The Morgan fingerprint density at radius 1 is 0.724 bits per heavy atom. The van der Waals surface area contributed by atoms with E-state index in [9.17, 15) is 0 Å². The summed E-state index contributed by atoms with van der Waals surface area (Å²) in [5.41, 5.74) is 0. The predicted molar refractivity (Wildman–Crippen MR) is 121 cm³/mol. The lowest BCUT2D eigenvalue weighted by Crippen LogP contribution is -2.52. The summed E-state index contributed by atoms with van der Waals surface area (Å²) in [6, 6.07) is 0.775. The Bertz CT molecular complexity index is 433. The summed E-state index contributed by atoms with van der Waals surface area (Å²) >= 11 is 0. The molecule has 0 aromatic rings. The smallest absolute Gasteiger partial charge is 0.0608 e. The summed E-state index contributed by atoms with van der Waals surface area (Å²) in [5, 5.41) is 0. The van der Waals surface area contributed by atoms with Crippen molar-refractivity contribution < 1.29 is 9.47 Å². The molecular formula is C24H47N3O2. The Morgan fingerprint density at radius 2 is 1.31 bits per heavy atom. The third-order valence-corrected chi connectivity index (χ3v) is 7.67. The van der Waals surface area contributed by atoms with Gasteiger partial charge >= 0.3 is 0 Å². The average molecular weight is 410 g/mol. The molecule has 0 unspecified atom stereocenters. The maximum Gasteiger partial charge on any atom is 0.0608 e. The van der Waals surface area contributed by atoms with Gasteiger partial charge in [-0.1, -0.05) is 13.8 Å². The molecule has 0 aromatic heterocycles. The maximum atomic E-state index is 6.46. The molecule has 5 nitrogen and oxygen atoms in total. The summed E-state index contributed by atoms with van der Waals surface area (Å²) in [4.78, 5) is 7.86. The number of piperidine rings is 3. The van der Waals surface area contributed by atoms with Gasteiger partial charge in [-0.3, -0.25) is 4.90 Å².